The van der Waals surface area contributed by atoms with Gasteiger partial charge in [0.2, 0.25) is 0 Å². The van der Waals surface area contributed by atoms with E-state index in [1.165, 1.54) is 11.0 Å². The highest BCUT2D eigenvalue weighted by Gasteiger charge is 2.18. The number of nitrogens with two attached hydrogens (primary N) is 1. The minimum absolute atomic E-state index is 0.135. The molecule has 0 aliphatic heterocycles. The summed E-state index contributed by atoms with van der Waals surface area (Å²) in [5.41, 5.74) is 3.15. The van der Waals surface area contributed by atoms with E-state index in [0.717, 1.165) is 0 Å². The van der Waals surface area contributed by atoms with Crippen molar-refractivity contribution in [3.8, 4) is 0 Å². The average molecular weight is 274 g/mol. The summed E-state index contributed by atoms with van der Waals surface area (Å²) in [5.74, 6) is 4.97. The predicted molar refractivity (Wildman–Crippen MR) is 69.3 cm³/mol. The molecule has 1 aromatic carbocycles. The monoisotopic (exact) mass is 273 g/mol. The van der Waals surface area contributed by atoms with Crippen LogP contribution in [0.15, 0.2) is 18.2 Å². The van der Waals surface area contributed by atoms with Gasteiger partial charge in [0.15, 0.2) is 0 Å². The van der Waals surface area contributed by atoms with E-state index in [0.29, 0.717) is 16.3 Å². The van der Waals surface area contributed by atoms with Gasteiger partial charge >= 0.3 is 0 Å². The lowest BCUT2D eigenvalue weighted by atomic mass is 10.1. The molecule has 0 saturated heterocycles. The molecule has 0 aliphatic rings. The molecule has 1 amide bonds. The van der Waals surface area contributed by atoms with Crippen molar-refractivity contribution in [3.63, 3.8) is 0 Å². The van der Waals surface area contributed by atoms with Gasteiger partial charge < -0.3 is 20.5 Å². The van der Waals surface area contributed by atoms with Gasteiger partial charge in [-0.2, -0.15) is 0 Å². The Balaban J connectivity index is 3.02. The number of hydrogen-bond acceptors (Lipinski definition) is 5. The molecule has 0 aliphatic carbocycles. The number of anilines is 1. The van der Waals surface area contributed by atoms with E-state index in [1.54, 1.807) is 12.1 Å². The molecule has 0 fully saturated rings. The molecule has 0 bridgehead atoms. The third-order valence-electron chi connectivity index (χ3n) is 2.39. The Morgan fingerprint density at radius 3 is 2.44 bits per heavy atom. The molecule has 0 aromatic heterocycles. The largest absolute Gasteiger partial charge is 0.395 e. The van der Waals surface area contributed by atoms with Crippen LogP contribution in [0.3, 0.4) is 0 Å². The zero-order valence-electron chi connectivity index (χ0n) is 9.77. The molecule has 0 saturated carbocycles. The van der Waals surface area contributed by atoms with Crippen molar-refractivity contribution in [3.05, 3.63) is 28.8 Å². The number of amides is 1. The number of nitrogens with one attached hydrogen (secondary N) is 1. The van der Waals surface area contributed by atoms with E-state index in [9.17, 15) is 4.79 Å². The third-order valence-corrected chi connectivity index (χ3v) is 2.63. The Labute approximate surface area is 110 Å². The molecule has 0 heterocycles. The first-order valence-electron chi connectivity index (χ1n) is 5.41. The lowest BCUT2D eigenvalue weighted by Crippen LogP contribution is -2.36. The Morgan fingerprint density at radius 1 is 1.33 bits per heavy atom. The molecular formula is C11H16ClN3O3. The maximum absolute atomic E-state index is 12.2. The number of hydrogen-bond donors (Lipinski definition) is 4. The van der Waals surface area contributed by atoms with Crippen LogP contribution in [-0.2, 0) is 0 Å². The number of aliphatic hydroxyl groups is 2. The summed E-state index contributed by atoms with van der Waals surface area (Å²) in [6, 6.07) is 4.68. The number of rotatable bonds is 6. The quantitative estimate of drug-likeness (QED) is 0.434. The normalized spacial score (nSPS) is 10.2. The van der Waals surface area contributed by atoms with Crippen molar-refractivity contribution in [2.75, 3.05) is 31.7 Å². The number of halogens is 1. The Hall–Kier alpha value is -1.34. The van der Waals surface area contributed by atoms with Crippen molar-refractivity contribution in [1.82, 2.24) is 4.90 Å². The fraction of sp³-hybridized carbons (Fsp3) is 0.364. The summed E-state index contributed by atoms with van der Waals surface area (Å²) in [7, 11) is 0. The summed E-state index contributed by atoms with van der Waals surface area (Å²) in [5, 5.41) is 18.2. The van der Waals surface area contributed by atoms with Gasteiger partial charge in [-0.05, 0) is 18.2 Å². The second-order valence-electron chi connectivity index (χ2n) is 3.57. The van der Waals surface area contributed by atoms with Crippen molar-refractivity contribution in [2.24, 2.45) is 5.84 Å². The highest BCUT2D eigenvalue weighted by molar-refractivity contribution is 6.31. The van der Waals surface area contributed by atoms with Crippen LogP contribution in [0.25, 0.3) is 0 Å². The molecule has 0 unspecified atom stereocenters. The van der Waals surface area contributed by atoms with Crippen LogP contribution in [0.5, 0.6) is 0 Å². The van der Waals surface area contributed by atoms with E-state index < -0.39 is 0 Å². The predicted octanol–water partition coefficient (Wildman–Crippen LogP) is 0.0524. The van der Waals surface area contributed by atoms with Crippen LogP contribution >= 0.6 is 11.6 Å². The zero-order valence-corrected chi connectivity index (χ0v) is 10.5. The smallest absolute Gasteiger partial charge is 0.256 e. The fourth-order valence-corrected chi connectivity index (χ4v) is 1.72. The highest BCUT2D eigenvalue weighted by Crippen LogP contribution is 2.21. The van der Waals surface area contributed by atoms with Gasteiger partial charge in [0.05, 0.1) is 24.5 Å². The topological polar surface area (TPSA) is 98.8 Å². The van der Waals surface area contributed by atoms with Gasteiger partial charge in [0.25, 0.3) is 5.91 Å². The Morgan fingerprint density at radius 2 is 1.94 bits per heavy atom. The SMILES string of the molecule is NNc1ccc(Cl)cc1C(=O)N(CCO)CCO. The van der Waals surface area contributed by atoms with Gasteiger partial charge in [-0.3, -0.25) is 10.6 Å². The minimum atomic E-state index is -0.353. The number of nitrogens with zero attached hydrogens (tertiary/aromatic N) is 1. The van der Waals surface area contributed by atoms with E-state index in [2.05, 4.69) is 5.43 Å². The molecule has 100 valence electrons. The number of carbonyl (C=O) groups is 1. The van der Waals surface area contributed by atoms with Gasteiger partial charge in [-0.25, -0.2) is 0 Å². The number of aliphatic hydroxyl groups excluding tert-OH is 2. The van der Waals surface area contributed by atoms with E-state index in [1.807, 2.05) is 0 Å². The van der Waals surface area contributed by atoms with Crippen molar-refractivity contribution in [1.29, 1.82) is 0 Å². The van der Waals surface area contributed by atoms with E-state index in [-0.39, 0.29) is 32.2 Å². The van der Waals surface area contributed by atoms with Gasteiger partial charge in [-0.1, -0.05) is 11.6 Å². The molecule has 0 atom stereocenters. The maximum Gasteiger partial charge on any atom is 0.256 e. The van der Waals surface area contributed by atoms with E-state index >= 15 is 0 Å². The summed E-state index contributed by atoms with van der Waals surface area (Å²) < 4.78 is 0. The van der Waals surface area contributed by atoms with Crippen molar-refractivity contribution >= 4 is 23.2 Å². The van der Waals surface area contributed by atoms with Crippen LogP contribution in [0.4, 0.5) is 5.69 Å². The highest BCUT2D eigenvalue weighted by atomic mass is 35.5. The number of nitrogen functional groups attached to an aromatic ring is 1. The first-order valence-corrected chi connectivity index (χ1v) is 5.79. The van der Waals surface area contributed by atoms with Crippen molar-refractivity contribution in [2.45, 2.75) is 0 Å². The second kappa shape index (κ2) is 7.17. The first kappa shape index (κ1) is 14.7. The van der Waals surface area contributed by atoms with Crippen LogP contribution in [0.1, 0.15) is 10.4 Å². The maximum atomic E-state index is 12.2. The zero-order chi connectivity index (χ0) is 13.5. The third kappa shape index (κ3) is 3.58. The molecular weight excluding hydrogens is 258 g/mol. The van der Waals surface area contributed by atoms with Crippen molar-refractivity contribution < 1.29 is 15.0 Å². The molecule has 6 nitrogen and oxygen atoms in total. The molecule has 1 aromatic rings. The first-order chi connectivity index (χ1) is 8.63. The van der Waals surface area contributed by atoms with Crippen LogP contribution < -0.4 is 11.3 Å². The van der Waals surface area contributed by atoms with Gasteiger partial charge in [-0.15, -0.1) is 0 Å². The standard InChI is InChI=1S/C11H16ClN3O3/c12-8-1-2-10(14-13)9(7-8)11(18)15(3-5-16)4-6-17/h1-2,7,14,16-17H,3-6,13H2. The lowest BCUT2D eigenvalue weighted by molar-refractivity contribution is 0.0685. The van der Waals surface area contributed by atoms with Gasteiger partial charge in [0.1, 0.15) is 0 Å². The number of carbonyl (C=O) groups excluding carboxylic acids is 1. The lowest BCUT2D eigenvalue weighted by Gasteiger charge is -2.22. The Kier molecular flexibility index (Phi) is 5.87. The number of benzene rings is 1. The molecule has 0 radical (unpaired) electrons. The second-order valence-corrected chi connectivity index (χ2v) is 4.01. The summed E-state index contributed by atoms with van der Waals surface area (Å²) >= 11 is 5.84. The fourth-order valence-electron chi connectivity index (χ4n) is 1.55. The summed E-state index contributed by atoms with van der Waals surface area (Å²) in [6.45, 7) is -0.0960. The molecule has 1 rings (SSSR count). The van der Waals surface area contributed by atoms with Crippen LogP contribution in [0, 0.1) is 0 Å². The average Bonchev–Trinajstić information content (AvgIpc) is 2.37. The number of hydrazine groups is 1. The minimum Gasteiger partial charge on any atom is -0.395 e. The molecule has 0 spiro atoms. The Bertz CT molecular complexity index is 409. The molecule has 5 N–H and O–H groups in total. The van der Waals surface area contributed by atoms with E-state index in [4.69, 9.17) is 27.7 Å². The van der Waals surface area contributed by atoms with Crippen LogP contribution in [-0.4, -0.2) is 47.3 Å². The summed E-state index contributed by atoms with van der Waals surface area (Å²) in [4.78, 5) is 13.5. The summed E-state index contributed by atoms with van der Waals surface area (Å²) in [6.07, 6.45) is 0. The van der Waals surface area contributed by atoms with Crippen LogP contribution in [0.2, 0.25) is 5.02 Å². The van der Waals surface area contributed by atoms with Gasteiger partial charge in [0, 0.05) is 18.1 Å². The molecule has 18 heavy (non-hydrogen) atoms. The molecule has 7 heteroatoms.